The van der Waals surface area contributed by atoms with Crippen molar-refractivity contribution in [2.75, 3.05) is 13.1 Å². The maximum atomic E-state index is 13.9. The Hall–Kier alpha value is -7.74. The minimum absolute atomic E-state index is 0.0554. The number of carbonyl (C=O) groups excluding carboxylic acids is 10. The number of aliphatic hydroxyl groups excluding tert-OH is 1. The number of nitrogens with one attached hydrogen (secondary N) is 8. The minimum atomic E-state index is -2.00. The Bertz CT molecular complexity index is 2050. The number of nitrogens with two attached hydrogens (primary N) is 6. The molecule has 0 saturated heterocycles. The molecule has 10 atom stereocenters. The first kappa shape index (κ1) is 67.3. The number of hydrogen-bond donors (Lipinski definition) is 18. The van der Waals surface area contributed by atoms with Crippen molar-refractivity contribution in [3.05, 3.63) is 0 Å². The largest absolute Gasteiger partial charge is 0.481 e. The molecule has 75 heavy (non-hydrogen) atoms. The number of amides is 10. The highest BCUT2D eigenvalue weighted by molar-refractivity contribution is 5.99. The minimum Gasteiger partial charge on any atom is -0.481 e. The maximum absolute atomic E-state index is 13.9. The number of guanidine groups is 1. The zero-order valence-corrected chi connectivity index (χ0v) is 42.3. The van der Waals surface area contributed by atoms with Crippen LogP contribution in [0.3, 0.4) is 0 Å². The lowest BCUT2D eigenvalue weighted by atomic mass is 10.0. The molecule has 0 radical (unpaired) electrons. The highest BCUT2D eigenvalue weighted by Crippen LogP contribution is 2.10. The SMILES string of the molecule is CC(C)C[C@H](N)C(=O)N[C@@H](C)C(=O)N[C@@H](CCCCN)C(=O)N[C@@H](CCC(=O)O)C(=O)N[C@@H](CC(N)=O)C(=O)N[C@@H](CCCN=C(N)N)C(=O)N[C@H](C(=O)N[C@@H](CCC(N)=O)C(=O)N[C@@H](CC(=O)O)C(=O)O)[C@@H](C)O. The summed E-state index contributed by atoms with van der Waals surface area (Å²) in [6.07, 6.45) is -5.94. The first-order chi connectivity index (χ1) is 34.9. The molecule has 0 heterocycles. The second-order valence-electron chi connectivity index (χ2n) is 17.8. The van der Waals surface area contributed by atoms with Crippen LogP contribution in [0.25, 0.3) is 0 Å². The Balaban J connectivity index is 6.83. The number of aliphatic hydroxyl groups is 1. The van der Waals surface area contributed by atoms with E-state index >= 15 is 0 Å². The molecule has 0 fully saturated rings. The van der Waals surface area contributed by atoms with E-state index in [9.17, 15) is 77.6 Å². The average Bonchev–Trinajstić information content (AvgIpc) is 3.29. The van der Waals surface area contributed by atoms with Crippen LogP contribution in [0.15, 0.2) is 4.99 Å². The van der Waals surface area contributed by atoms with Crippen LogP contribution in [-0.2, 0) is 62.3 Å². The number of aliphatic carboxylic acids is 3. The fourth-order valence-electron chi connectivity index (χ4n) is 6.72. The standard InChI is InChI=1S/C43H75N15O17/c1-19(2)16-22(45)35(67)51-20(3)34(66)52-23(8-5-6-14-44)36(68)54-26(11-13-31(62)63)37(69)56-27(17-30(47)61)40(72)53-24(9-7-15-50-43(48)49)39(71)58-33(21(4)59)41(73)55-25(10-12-29(46)60)38(70)57-28(42(74)75)18-32(64)65/h19-28,33,59H,5-18,44-45H2,1-4H3,(H2,46,60)(H2,47,61)(H,51,67)(H,52,66)(H,53,72)(H,54,68)(H,55,73)(H,56,69)(H,57,70)(H,58,71)(H,62,63)(H,64,65)(H,74,75)(H4,48,49,50)/t20-,21+,22-,23-,24-,25-,26-,27-,28-,33-/m0/s1. The van der Waals surface area contributed by atoms with E-state index in [-0.39, 0.29) is 50.7 Å². The van der Waals surface area contributed by atoms with Gasteiger partial charge in [-0.3, -0.25) is 62.5 Å². The third-order valence-electron chi connectivity index (χ3n) is 10.7. The molecule has 0 aliphatic heterocycles. The maximum Gasteiger partial charge on any atom is 0.326 e. The van der Waals surface area contributed by atoms with Crippen molar-refractivity contribution in [2.45, 2.75) is 165 Å². The fourth-order valence-corrected chi connectivity index (χ4v) is 6.72. The van der Waals surface area contributed by atoms with Gasteiger partial charge in [0.2, 0.25) is 59.1 Å². The van der Waals surface area contributed by atoms with E-state index < -0.39 is 176 Å². The van der Waals surface area contributed by atoms with Gasteiger partial charge < -0.3 is 97.4 Å². The Morgan fingerprint density at radius 3 is 1.39 bits per heavy atom. The van der Waals surface area contributed by atoms with Crippen molar-refractivity contribution in [3.63, 3.8) is 0 Å². The number of aliphatic imine (C=N–C) groups is 1. The highest BCUT2D eigenvalue weighted by Gasteiger charge is 2.36. The van der Waals surface area contributed by atoms with E-state index in [1.54, 1.807) is 0 Å². The van der Waals surface area contributed by atoms with Crippen molar-refractivity contribution in [1.82, 2.24) is 42.5 Å². The molecule has 0 unspecified atom stereocenters. The second kappa shape index (κ2) is 34.6. The van der Waals surface area contributed by atoms with Gasteiger partial charge in [-0.1, -0.05) is 13.8 Å². The van der Waals surface area contributed by atoms with Gasteiger partial charge in [-0.15, -0.1) is 0 Å². The van der Waals surface area contributed by atoms with Gasteiger partial charge in [0.25, 0.3) is 0 Å². The van der Waals surface area contributed by atoms with E-state index in [0.717, 1.165) is 6.92 Å². The van der Waals surface area contributed by atoms with Gasteiger partial charge in [-0.2, -0.15) is 0 Å². The molecule has 0 saturated carbocycles. The number of hydrogen-bond acceptors (Lipinski definition) is 17. The van der Waals surface area contributed by atoms with Gasteiger partial charge >= 0.3 is 17.9 Å². The number of carboxylic acids is 3. The van der Waals surface area contributed by atoms with E-state index in [4.69, 9.17) is 39.5 Å². The molecule has 10 amide bonds. The zero-order valence-electron chi connectivity index (χ0n) is 42.3. The van der Waals surface area contributed by atoms with Gasteiger partial charge in [0, 0.05) is 19.4 Å². The number of carbonyl (C=O) groups is 13. The molecule has 0 aromatic heterocycles. The summed E-state index contributed by atoms with van der Waals surface area (Å²) < 4.78 is 0. The summed E-state index contributed by atoms with van der Waals surface area (Å²) in [4.78, 5) is 170. The van der Waals surface area contributed by atoms with Crippen LogP contribution in [0.1, 0.15) is 105 Å². The van der Waals surface area contributed by atoms with Crippen LogP contribution >= 0.6 is 0 Å². The van der Waals surface area contributed by atoms with Crippen molar-refractivity contribution in [2.24, 2.45) is 45.3 Å². The Morgan fingerprint density at radius 1 is 0.480 bits per heavy atom. The lowest BCUT2D eigenvalue weighted by molar-refractivity contribution is -0.147. The van der Waals surface area contributed by atoms with Crippen molar-refractivity contribution in [3.8, 4) is 0 Å². The molecular formula is C43H75N15O17. The molecule has 424 valence electrons. The molecular weight excluding hydrogens is 999 g/mol. The predicted octanol–water partition coefficient (Wildman–Crippen LogP) is -7.61. The number of unbranched alkanes of at least 4 members (excludes halogenated alkanes) is 1. The van der Waals surface area contributed by atoms with Crippen molar-refractivity contribution < 1.29 is 82.8 Å². The van der Waals surface area contributed by atoms with Gasteiger partial charge in [0.15, 0.2) is 5.96 Å². The van der Waals surface area contributed by atoms with Crippen LogP contribution in [0.5, 0.6) is 0 Å². The van der Waals surface area contributed by atoms with Crippen LogP contribution < -0.4 is 76.9 Å². The number of carboxylic acid groups (broad SMARTS) is 3. The summed E-state index contributed by atoms with van der Waals surface area (Å²) in [5.74, 6) is -16.1. The number of nitrogens with zero attached hydrogens (tertiary/aromatic N) is 1. The van der Waals surface area contributed by atoms with E-state index in [1.807, 2.05) is 19.2 Å². The van der Waals surface area contributed by atoms with Crippen LogP contribution in [-0.4, -0.2) is 177 Å². The lowest BCUT2D eigenvalue weighted by Crippen LogP contribution is -2.62. The molecule has 0 spiro atoms. The second-order valence-corrected chi connectivity index (χ2v) is 17.8. The lowest BCUT2D eigenvalue weighted by Gasteiger charge is -2.28. The Labute approximate surface area is 431 Å². The van der Waals surface area contributed by atoms with E-state index in [1.165, 1.54) is 6.92 Å². The van der Waals surface area contributed by atoms with Crippen molar-refractivity contribution >= 4 is 82.9 Å². The van der Waals surface area contributed by atoms with Gasteiger partial charge in [0.05, 0.1) is 25.0 Å². The normalized spacial score (nSPS) is 14.9. The topological polar surface area (TPSA) is 568 Å². The molecule has 0 aliphatic carbocycles. The van der Waals surface area contributed by atoms with Crippen LogP contribution in [0.4, 0.5) is 0 Å². The summed E-state index contributed by atoms with van der Waals surface area (Å²) >= 11 is 0. The molecule has 0 aromatic rings. The first-order valence-electron chi connectivity index (χ1n) is 23.7. The zero-order chi connectivity index (χ0) is 57.7. The molecule has 32 heteroatoms. The quantitative estimate of drug-likeness (QED) is 0.0155. The van der Waals surface area contributed by atoms with E-state index in [0.29, 0.717) is 12.8 Å². The summed E-state index contributed by atoms with van der Waals surface area (Å²) in [5, 5.41) is 56.6. The molecule has 0 aromatic carbocycles. The summed E-state index contributed by atoms with van der Waals surface area (Å²) in [5.41, 5.74) is 32.9. The Kier molecular flexibility index (Phi) is 31.1. The van der Waals surface area contributed by atoms with Gasteiger partial charge in [-0.25, -0.2) is 4.79 Å². The molecule has 24 N–H and O–H groups in total. The third kappa shape index (κ3) is 28.3. The first-order valence-corrected chi connectivity index (χ1v) is 23.7. The van der Waals surface area contributed by atoms with Crippen LogP contribution in [0.2, 0.25) is 0 Å². The number of primary amides is 2. The van der Waals surface area contributed by atoms with Gasteiger partial charge in [-0.05, 0) is 77.7 Å². The van der Waals surface area contributed by atoms with Gasteiger partial charge in [0.1, 0.15) is 48.3 Å². The molecule has 0 aliphatic rings. The fraction of sp³-hybridized carbons (Fsp3) is 0.674. The molecule has 32 nitrogen and oxygen atoms in total. The summed E-state index contributed by atoms with van der Waals surface area (Å²) in [6, 6.07) is -14.8. The Morgan fingerprint density at radius 2 is 0.933 bits per heavy atom. The van der Waals surface area contributed by atoms with Crippen molar-refractivity contribution in [1.29, 1.82) is 0 Å². The van der Waals surface area contributed by atoms with Crippen LogP contribution in [0, 0.1) is 5.92 Å². The third-order valence-corrected chi connectivity index (χ3v) is 10.7. The molecule has 0 bridgehead atoms. The smallest absolute Gasteiger partial charge is 0.326 e. The predicted molar refractivity (Wildman–Crippen MR) is 262 cm³/mol. The summed E-state index contributed by atoms with van der Waals surface area (Å²) in [7, 11) is 0. The average molecular weight is 1070 g/mol. The highest BCUT2D eigenvalue weighted by atomic mass is 16.4. The monoisotopic (exact) mass is 1070 g/mol. The number of rotatable bonds is 38. The van der Waals surface area contributed by atoms with E-state index in [2.05, 4.69) is 42.2 Å². The summed E-state index contributed by atoms with van der Waals surface area (Å²) in [6.45, 7) is 6.07. The molecule has 0 rings (SSSR count).